The summed E-state index contributed by atoms with van der Waals surface area (Å²) in [5.41, 5.74) is 2.05. The van der Waals surface area contributed by atoms with E-state index in [2.05, 4.69) is 39.8 Å². The van der Waals surface area contributed by atoms with E-state index >= 15 is 0 Å². The van der Waals surface area contributed by atoms with Crippen LogP contribution in [0.4, 0.5) is 0 Å². The summed E-state index contributed by atoms with van der Waals surface area (Å²) in [4.78, 5) is 12.3. The van der Waals surface area contributed by atoms with Crippen LogP contribution in [0, 0.1) is 0 Å². The molecule has 0 fully saturated rings. The number of carbonyl (C=O) groups excluding carboxylic acids is 1. The van der Waals surface area contributed by atoms with Gasteiger partial charge in [-0.25, -0.2) is 13.1 Å². The number of sulfonamides is 1. The summed E-state index contributed by atoms with van der Waals surface area (Å²) in [6, 6.07) is 14.3. The summed E-state index contributed by atoms with van der Waals surface area (Å²) in [6.07, 6.45) is 0.0676. The van der Waals surface area contributed by atoms with Crippen LogP contribution in [0.1, 0.15) is 50.3 Å². The van der Waals surface area contributed by atoms with Crippen LogP contribution >= 0.6 is 15.9 Å². The molecule has 2 rings (SSSR count). The first-order valence-electron chi connectivity index (χ1n) is 8.84. The molecule has 0 saturated heterocycles. The fourth-order valence-corrected chi connectivity index (χ4v) is 4.29. The highest BCUT2D eigenvalue weighted by Crippen LogP contribution is 2.22. The lowest BCUT2D eigenvalue weighted by Crippen LogP contribution is -2.32. The van der Waals surface area contributed by atoms with Crippen LogP contribution in [0.5, 0.6) is 0 Å². The van der Waals surface area contributed by atoms with Gasteiger partial charge in [-0.05, 0) is 42.2 Å². The third-order valence-electron chi connectivity index (χ3n) is 4.25. The molecule has 2 N–H and O–H groups in total. The van der Waals surface area contributed by atoms with Gasteiger partial charge in [-0.15, -0.1) is 0 Å². The fraction of sp³-hybridized carbons (Fsp3) is 0.350. The van der Waals surface area contributed by atoms with Crippen molar-refractivity contribution in [3.63, 3.8) is 0 Å². The van der Waals surface area contributed by atoms with Gasteiger partial charge in [0.1, 0.15) is 0 Å². The van der Waals surface area contributed by atoms with Crippen molar-refractivity contribution in [2.24, 2.45) is 0 Å². The lowest BCUT2D eigenvalue weighted by molar-refractivity contribution is -0.121. The lowest BCUT2D eigenvalue weighted by Gasteiger charge is -2.16. The first-order chi connectivity index (χ1) is 12.7. The number of amides is 1. The first kappa shape index (κ1) is 21.6. The summed E-state index contributed by atoms with van der Waals surface area (Å²) in [7, 11) is -3.62. The summed E-state index contributed by atoms with van der Waals surface area (Å²) >= 11 is 3.46. The van der Waals surface area contributed by atoms with Gasteiger partial charge in [-0.1, -0.05) is 60.1 Å². The second-order valence-electron chi connectivity index (χ2n) is 6.68. The minimum atomic E-state index is -3.62. The van der Waals surface area contributed by atoms with Crippen molar-refractivity contribution in [2.45, 2.75) is 44.0 Å². The fourth-order valence-electron chi connectivity index (χ4n) is 2.63. The zero-order valence-corrected chi connectivity index (χ0v) is 18.1. The van der Waals surface area contributed by atoms with Crippen LogP contribution < -0.4 is 10.0 Å². The molecule has 27 heavy (non-hydrogen) atoms. The Balaban J connectivity index is 1.87. The third-order valence-corrected chi connectivity index (χ3v) is 6.45. The number of rotatable bonds is 8. The molecule has 0 bridgehead atoms. The lowest BCUT2D eigenvalue weighted by atomic mass is 10.0. The molecular formula is C20H25BrN2O3S. The Kier molecular flexibility index (Phi) is 7.59. The van der Waals surface area contributed by atoms with Crippen LogP contribution in [-0.2, 0) is 14.8 Å². The highest BCUT2D eigenvalue weighted by atomic mass is 79.9. The number of nitrogens with one attached hydrogen (secondary N) is 2. The maximum atomic E-state index is 12.3. The van der Waals surface area contributed by atoms with Crippen molar-refractivity contribution in [3.05, 3.63) is 64.1 Å². The Bertz CT molecular complexity index is 880. The molecule has 1 unspecified atom stereocenters. The molecule has 2 aromatic rings. The quantitative estimate of drug-likeness (QED) is 0.632. The smallest absolute Gasteiger partial charge is 0.240 e. The van der Waals surface area contributed by atoms with Crippen molar-refractivity contribution in [1.29, 1.82) is 0 Å². The molecule has 1 atom stereocenters. The Morgan fingerprint density at radius 3 is 2.26 bits per heavy atom. The molecule has 1 amide bonds. The Labute approximate surface area is 169 Å². The van der Waals surface area contributed by atoms with E-state index < -0.39 is 10.0 Å². The molecule has 0 aliphatic heterocycles. The van der Waals surface area contributed by atoms with E-state index in [1.165, 1.54) is 0 Å². The molecule has 0 aliphatic carbocycles. The van der Waals surface area contributed by atoms with Crippen molar-refractivity contribution >= 4 is 31.9 Å². The number of hydrogen-bond donors (Lipinski definition) is 2. The van der Waals surface area contributed by atoms with E-state index in [-0.39, 0.29) is 29.8 Å². The standard InChI is InChI=1S/C20H25BrN2O3S/c1-14(2)16-8-10-17(11-9-16)27(25,26)22-13-12-20(24)23-15(3)18-6-4-5-7-19(18)21/h4-11,14-15,22H,12-13H2,1-3H3,(H,23,24). The van der Waals surface area contributed by atoms with Gasteiger partial charge < -0.3 is 5.32 Å². The van der Waals surface area contributed by atoms with Gasteiger partial charge in [0.05, 0.1) is 10.9 Å². The highest BCUT2D eigenvalue weighted by molar-refractivity contribution is 9.10. The monoisotopic (exact) mass is 452 g/mol. The number of halogens is 1. The van der Waals surface area contributed by atoms with E-state index in [1.807, 2.05) is 43.3 Å². The van der Waals surface area contributed by atoms with Crippen LogP contribution in [0.3, 0.4) is 0 Å². The summed E-state index contributed by atoms with van der Waals surface area (Å²) < 4.78 is 28.1. The zero-order chi connectivity index (χ0) is 20.0. The van der Waals surface area contributed by atoms with Crippen molar-refractivity contribution in [1.82, 2.24) is 10.0 Å². The molecule has 0 spiro atoms. The average molecular weight is 453 g/mol. The van der Waals surface area contributed by atoms with E-state index in [0.29, 0.717) is 5.92 Å². The van der Waals surface area contributed by atoms with Gasteiger partial charge in [-0.3, -0.25) is 4.79 Å². The SMILES string of the molecule is CC(C)c1ccc(S(=O)(=O)NCCC(=O)NC(C)c2ccccc2Br)cc1. The van der Waals surface area contributed by atoms with E-state index in [9.17, 15) is 13.2 Å². The van der Waals surface area contributed by atoms with Crippen molar-refractivity contribution in [3.8, 4) is 0 Å². The van der Waals surface area contributed by atoms with Gasteiger partial charge in [0.2, 0.25) is 15.9 Å². The second-order valence-corrected chi connectivity index (χ2v) is 9.30. The third kappa shape index (κ3) is 6.16. The molecule has 0 heterocycles. The molecular weight excluding hydrogens is 428 g/mol. The van der Waals surface area contributed by atoms with E-state index in [4.69, 9.17) is 0 Å². The Hall–Kier alpha value is -1.70. The van der Waals surface area contributed by atoms with Gasteiger partial charge in [0.25, 0.3) is 0 Å². The number of carbonyl (C=O) groups is 1. The molecule has 2 aromatic carbocycles. The minimum Gasteiger partial charge on any atom is -0.350 e. The molecule has 0 aliphatic rings. The molecule has 5 nitrogen and oxygen atoms in total. The van der Waals surface area contributed by atoms with Crippen LogP contribution in [-0.4, -0.2) is 20.9 Å². The molecule has 7 heteroatoms. The van der Waals surface area contributed by atoms with E-state index in [1.54, 1.807) is 12.1 Å². The number of benzene rings is 2. The highest BCUT2D eigenvalue weighted by Gasteiger charge is 2.16. The minimum absolute atomic E-state index is 0.0444. The van der Waals surface area contributed by atoms with Crippen LogP contribution in [0.2, 0.25) is 0 Å². The zero-order valence-electron chi connectivity index (χ0n) is 15.7. The maximum absolute atomic E-state index is 12.3. The van der Waals surface area contributed by atoms with Gasteiger partial charge in [0.15, 0.2) is 0 Å². The average Bonchev–Trinajstić information content (AvgIpc) is 2.61. The van der Waals surface area contributed by atoms with Gasteiger partial charge in [0, 0.05) is 17.4 Å². The van der Waals surface area contributed by atoms with Crippen LogP contribution in [0.15, 0.2) is 57.9 Å². The van der Waals surface area contributed by atoms with Crippen molar-refractivity contribution in [2.75, 3.05) is 6.54 Å². The predicted molar refractivity (Wildman–Crippen MR) is 111 cm³/mol. The Morgan fingerprint density at radius 1 is 1.04 bits per heavy atom. The maximum Gasteiger partial charge on any atom is 0.240 e. The molecule has 146 valence electrons. The molecule has 0 saturated carbocycles. The van der Waals surface area contributed by atoms with Crippen LogP contribution in [0.25, 0.3) is 0 Å². The Morgan fingerprint density at radius 2 is 1.67 bits per heavy atom. The normalized spacial score (nSPS) is 12.8. The van der Waals surface area contributed by atoms with Gasteiger partial charge >= 0.3 is 0 Å². The van der Waals surface area contributed by atoms with Crippen molar-refractivity contribution < 1.29 is 13.2 Å². The topological polar surface area (TPSA) is 75.3 Å². The summed E-state index contributed by atoms with van der Waals surface area (Å²) in [5, 5.41) is 2.88. The molecule has 0 aromatic heterocycles. The number of hydrogen-bond acceptors (Lipinski definition) is 3. The molecule has 0 radical (unpaired) electrons. The second kappa shape index (κ2) is 9.48. The largest absolute Gasteiger partial charge is 0.350 e. The summed E-state index contributed by atoms with van der Waals surface area (Å²) in [5.74, 6) is 0.126. The first-order valence-corrected chi connectivity index (χ1v) is 11.1. The van der Waals surface area contributed by atoms with E-state index in [0.717, 1.165) is 15.6 Å². The predicted octanol–water partition coefficient (Wildman–Crippen LogP) is 4.12. The summed E-state index contributed by atoms with van der Waals surface area (Å²) in [6.45, 7) is 6.03. The van der Waals surface area contributed by atoms with Gasteiger partial charge in [-0.2, -0.15) is 0 Å².